The van der Waals surface area contributed by atoms with Gasteiger partial charge in [0.15, 0.2) is 0 Å². The molecule has 0 aliphatic carbocycles. The number of carbonyl (C=O) groups excluding carboxylic acids is 3. The smallest absolute Gasteiger partial charge is 0.249 e. The van der Waals surface area contributed by atoms with Gasteiger partial charge in [-0.1, -0.05) is 0 Å². The fraction of sp³-hybridized carbons (Fsp3) is 0.727. The quantitative estimate of drug-likeness (QED) is 0.634. The highest BCUT2D eigenvalue weighted by atomic mass is 16.2. The predicted octanol–water partition coefficient (Wildman–Crippen LogP) is -1.04. The van der Waals surface area contributed by atoms with Crippen molar-refractivity contribution >= 4 is 17.7 Å². The van der Waals surface area contributed by atoms with E-state index in [1.165, 1.54) is 6.92 Å². The minimum absolute atomic E-state index is 0.0447. The van der Waals surface area contributed by atoms with Crippen LogP contribution in [0.15, 0.2) is 0 Å². The highest BCUT2D eigenvalue weighted by Gasteiger charge is 2.36. The van der Waals surface area contributed by atoms with Crippen LogP contribution in [0.1, 0.15) is 19.8 Å². The molecule has 2 saturated heterocycles. The minimum atomic E-state index is -0.353. The summed E-state index contributed by atoms with van der Waals surface area (Å²) in [7, 11) is 0. The molecule has 17 heavy (non-hydrogen) atoms. The first-order valence-electron chi connectivity index (χ1n) is 5.90. The van der Waals surface area contributed by atoms with Crippen molar-refractivity contribution in [3.8, 4) is 0 Å². The summed E-state index contributed by atoms with van der Waals surface area (Å²) in [5, 5.41) is 3.22. The van der Waals surface area contributed by atoms with Crippen LogP contribution in [0.5, 0.6) is 0 Å². The maximum absolute atomic E-state index is 11.9. The summed E-state index contributed by atoms with van der Waals surface area (Å²) < 4.78 is 0. The van der Waals surface area contributed by atoms with Gasteiger partial charge < -0.3 is 10.2 Å². The average Bonchev–Trinajstić information content (AvgIpc) is 2.32. The molecule has 1 N–H and O–H groups in total. The number of piperidine rings is 1. The Labute approximate surface area is 99.9 Å². The minimum Gasteiger partial charge on any atom is -0.329 e. The highest BCUT2D eigenvalue weighted by molar-refractivity contribution is 6.02. The van der Waals surface area contributed by atoms with E-state index in [0.29, 0.717) is 0 Å². The van der Waals surface area contributed by atoms with Gasteiger partial charge in [0.25, 0.3) is 0 Å². The zero-order valence-corrected chi connectivity index (χ0v) is 9.94. The van der Waals surface area contributed by atoms with Crippen LogP contribution in [0.3, 0.4) is 0 Å². The number of hydrogen-bond donors (Lipinski definition) is 1. The summed E-state index contributed by atoms with van der Waals surface area (Å²) in [5.41, 5.74) is 0. The maximum atomic E-state index is 11.9. The number of rotatable bonds is 1. The van der Waals surface area contributed by atoms with E-state index in [1.807, 2.05) is 0 Å². The molecule has 3 amide bonds. The third kappa shape index (κ3) is 2.46. The second-order valence-electron chi connectivity index (χ2n) is 4.50. The molecule has 2 heterocycles. The molecule has 0 saturated carbocycles. The summed E-state index contributed by atoms with van der Waals surface area (Å²) in [4.78, 5) is 37.5. The standard InChI is InChI=1S/C11H17N3O3/c1-8(15)13-6-11(17)14(7-10(13)16)9-2-4-12-5-3-9/h9,12H,2-7H2,1H3. The Bertz CT molecular complexity index is 350. The van der Waals surface area contributed by atoms with Crippen molar-refractivity contribution in [2.45, 2.75) is 25.8 Å². The molecule has 0 bridgehead atoms. The molecule has 0 radical (unpaired) electrons. The van der Waals surface area contributed by atoms with Gasteiger partial charge in [0.05, 0.1) is 0 Å². The van der Waals surface area contributed by atoms with Crippen LogP contribution >= 0.6 is 0 Å². The van der Waals surface area contributed by atoms with Crippen molar-refractivity contribution in [2.24, 2.45) is 0 Å². The molecule has 6 heteroatoms. The fourth-order valence-electron chi connectivity index (χ4n) is 2.37. The molecular weight excluding hydrogens is 222 g/mol. The molecule has 94 valence electrons. The first-order valence-corrected chi connectivity index (χ1v) is 5.90. The number of piperazine rings is 1. The van der Waals surface area contributed by atoms with Gasteiger partial charge in [-0.25, -0.2) is 0 Å². The Morgan fingerprint density at radius 2 is 1.82 bits per heavy atom. The van der Waals surface area contributed by atoms with Gasteiger partial charge in [0.2, 0.25) is 17.7 Å². The topological polar surface area (TPSA) is 69.7 Å². The van der Waals surface area contributed by atoms with Gasteiger partial charge in [-0.05, 0) is 25.9 Å². The molecule has 0 aromatic heterocycles. The number of amides is 3. The van der Waals surface area contributed by atoms with Crippen LogP contribution < -0.4 is 5.32 Å². The number of hydrogen-bond acceptors (Lipinski definition) is 4. The van der Waals surface area contributed by atoms with E-state index < -0.39 is 0 Å². The third-order valence-corrected chi connectivity index (χ3v) is 3.35. The largest absolute Gasteiger partial charge is 0.329 e. The lowest BCUT2D eigenvalue weighted by molar-refractivity contribution is -0.158. The van der Waals surface area contributed by atoms with E-state index in [0.717, 1.165) is 30.8 Å². The van der Waals surface area contributed by atoms with Crippen LogP contribution in [-0.2, 0) is 14.4 Å². The Morgan fingerprint density at radius 1 is 1.18 bits per heavy atom. The molecule has 2 aliphatic heterocycles. The molecule has 2 fully saturated rings. The van der Waals surface area contributed by atoms with E-state index in [1.54, 1.807) is 4.90 Å². The van der Waals surface area contributed by atoms with Crippen molar-refractivity contribution in [2.75, 3.05) is 26.2 Å². The predicted molar refractivity (Wildman–Crippen MR) is 60.0 cm³/mol. The van der Waals surface area contributed by atoms with Gasteiger partial charge >= 0.3 is 0 Å². The monoisotopic (exact) mass is 239 g/mol. The molecule has 6 nitrogen and oxygen atoms in total. The maximum Gasteiger partial charge on any atom is 0.249 e. The van der Waals surface area contributed by atoms with Crippen LogP contribution in [0.4, 0.5) is 0 Å². The van der Waals surface area contributed by atoms with E-state index in [9.17, 15) is 14.4 Å². The van der Waals surface area contributed by atoms with Crippen LogP contribution in [0.25, 0.3) is 0 Å². The van der Waals surface area contributed by atoms with E-state index in [4.69, 9.17) is 0 Å². The lowest BCUT2D eigenvalue weighted by Gasteiger charge is -2.39. The third-order valence-electron chi connectivity index (χ3n) is 3.35. The van der Waals surface area contributed by atoms with Crippen molar-refractivity contribution in [3.05, 3.63) is 0 Å². The molecule has 0 unspecified atom stereocenters. The first-order chi connectivity index (χ1) is 8.09. The zero-order valence-electron chi connectivity index (χ0n) is 9.94. The lowest BCUT2D eigenvalue weighted by atomic mass is 10.0. The Hall–Kier alpha value is -1.43. The summed E-state index contributed by atoms with van der Waals surface area (Å²) in [6.45, 7) is 3.00. The number of nitrogens with one attached hydrogen (secondary N) is 1. The van der Waals surface area contributed by atoms with Gasteiger partial charge in [-0.2, -0.15) is 0 Å². The second kappa shape index (κ2) is 4.83. The summed E-state index contributed by atoms with van der Waals surface area (Å²) in [6, 6.07) is 0.141. The van der Waals surface area contributed by atoms with Crippen molar-refractivity contribution in [3.63, 3.8) is 0 Å². The van der Waals surface area contributed by atoms with Crippen LogP contribution in [0, 0.1) is 0 Å². The number of carbonyl (C=O) groups is 3. The highest BCUT2D eigenvalue weighted by Crippen LogP contribution is 2.16. The Kier molecular flexibility index (Phi) is 3.42. The normalized spacial score (nSPS) is 23.1. The van der Waals surface area contributed by atoms with Gasteiger partial charge in [-0.3, -0.25) is 19.3 Å². The molecule has 0 aromatic carbocycles. The average molecular weight is 239 g/mol. The fourth-order valence-corrected chi connectivity index (χ4v) is 2.37. The number of nitrogens with zero attached hydrogens (tertiary/aromatic N) is 2. The van der Waals surface area contributed by atoms with Gasteiger partial charge in [-0.15, -0.1) is 0 Å². The molecule has 2 rings (SSSR count). The van der Waals surface area contributed by atoms with Crippen molar-refractivity contribution < 1.29 is 14.4 Å². The second-order valence-corrected chi connectivity index (χ2v) is 4.50. The Morgan fingerprint density at radius 3 is 2.41 bits per heavy atom. The van der Waals surface area contributed by atoms with E-state index in [2.05, 4.69) is 5.32 Å². The molecule has 0 spiro atoms. The van der Waals surface area contributed by atoms with Crippen molar-refractivity contribution in [1.82, 2.24) is 15.1 Å². The summed E-state index contributed by atoms with van der Waals surface area (Å²) in [6.07, 6.45) is 1.75. The molecule has 0 aromatic rings. The zero-order chi connectivity index (χ0) is 12.4. The van der Waals surface area contributed by atoms with E-state index in [-0.39, 0.29) is 36.9 Å². The van der Waals surface area contributed by atoms with Crippen molar-refractivity contribution in [1.29, 1.82) is 0 Å². The number of imide groups is 1. The van der Waals surface area contributed by atoms with Gasteiger partial charge in [0, 0.05) is 13.0 Å². The molecular formula is C11H17N3O3. The summed E-state index contributed by atoms with van der Waals surface area (Å²) >= 11 is 0. The van der Waals surface area contributed by atoms with Crippen LogP contribution in [-0.4, -0.2) is 59.7 Å². The Balaban J connectivity index is 2.04. The summed E-state index contributed by atoms with van der Waals surface area (Å²) in [5.74, 6) is -0.740. The van der Waals surface area contributed by atoms with Gasteiger partial charge in [0.1, 0.15) is 13.1 Å². The SMILES string of the molecule is CC(=O)N1CC(=O)N(C2CCNCC2)CC1=O. The lowest BCUT2D eigenvalue weighted by Crippen LogP contribution is -2.59. The first kappa shape index (κ1) is 12.0. The molecule has 0 atom stereocenters. The molecule has 2 aliphatic rings. The van der Waals surface area contributed by atoms with Crippen LogP contribution in [0.2, 0.25) is 0 Å². The van der Waals surface area contributed by atoms with E-state index >= 15 is 0 Å².